The Morgan fingerprint density at radius 1 is 1.06 bits per heavy atom. The van der Waals surface area contributed by atoms with Crippen LogP contribution in [0.25, 0.3) is 22.3 Å². The van der Waals surface area contributed by atoms with Crippen molar-refractivity contribution in [2.45, 2.75) is 37.6 Å². The van der Waals surface area contributed by atoms with Crippen LogP contribution in [-0.2, 0) is 14.8 Å². The molecule has 3 N–H and O–H groups in total. The molecule has 174 valence electrons. The van der Waals surface area contributed by atoms with Gasteiger partial charge in [-0.15, -0.1) is 0 Å². The molecule has 0 saturated carbocycles. The monoisotopic (exact) mass is 467 g/mol. The fourth-order valence-electron chi connectivity index (χ4n) is 4.88. The number of hydrogen-bond donors (Lipinski definition) is 2. The predicted molar refractivity (Wildman–Crippen MR) is 128 cm³/mol. The van der Waals surface area contributed by atoms with Gasteiger partial charge in [0.1, 0.15) is 5.82 Å². The molecule has 3 aromatic rings. The summed E-state index contributed by atoms with van der Waals surface area (Å²) in [6.07, 6.45) is 10.3. The SMILES string of the molecule is CS(=O)(=O)n1cc(-c2cc(-c3ccc(C4CCOCC4)c([C@@H]4CCCN4)c3)cnc2N)cn1. The average Bonchev–Trinajstić information content (AvgIpc) is 3.52. The maximum atomic E-state index is 11.8. The Bertz CT molecular complexity index is 1260. The van der Waals surface area contributed by atoms with Gasteiger partial charge >= 0.3 is 0 Å². The zero-order valence-corrected chi connectivity index (χ0v) is 19.5. The lowest BCUT2D eigenvalue weighted by molar-refractivity contribution is 0.0851. The highest BCUT2D eigenvalue weighted by Crippen LogP contribution is 2.38. The average molecular weight is 468 g/mol. The predicted octanol–water partition coefficient (Wildman–Crippen LogP) is 3.32. The quantitative estimate of drug-likeness (QED) is 0.592. The van der Waals surface area contributed by atoms with E-state index in [0.29, 0.717) is 28.9 Å². The van der Waals surface area contributed by atoms with Crippen LogP contribution in [0.2, 0.25) is 0 Å². The van der Waals surface area contributed by atoms with Crippen molar-refractivity contribution >= 4 is 15.8 Å². The lowest BCUT2D eigenvalue weighted by Crippen LogP contribution is -2.19. The second kappa shape index (κ2) is 8.89. The fraction of sp³-hybridized carbons (Fsp3) is 0.417. The molecule has 0 aliphatic carbocycles. The molecule has 9 heteroatoms. The van der Waals surface area contributed by atoms with Crippen molar-refractivity contribution < 1.29 is 13.2 Å². The molecule has 0 spiro atoms. The Hall–Kier alpha value is -2.75. The van der Waals surface area contributed by atoms with Gasteiger partial charge in [-0.25, -0.2) is 13.4 Å². The Kier molecular flexibility index (Phi) is 5.94. The molecule has 33 heavy (non-hydrogen) atoms. The van der Waals surface area contributed by atoms with E-state index in [1.807, 2.05) is 6.07 Å². The number of rotatable bonds is 5. The largest absolute Gasteiger partial charge is 0.383 e. The molecule has 4 heterocycles. The Morgan fingerprint density at radius 2 is 1.88 bits per heavy atom. The molecule has 1 aromatic carbocycles. The Morgan fingerprint density at radius 3 is 2.58 bits per heavy atom. The molecule has 0 radical (unpaired) electrons. The van der Waals surface area contributed by atoms with E-state index in [-0.39, 0.29) is 0 Å². The van der Waals surface area contributed by atoms with E-state index in [1.165, 1.54) is 29.9 Å². The highest BCUT2D eigenvalue weighted by molar-refractivity contribution is 7.89. The van der Waals surface area contributed by atoms with Crippen molar-refractivity contribution in [1.29, 1.82) is 0 Å². The van der Waals surface area contributed by atoms with Gasteiger partial charge in [0.05, 0.1) is 18.6 Å². The normalized spacial score (nSPS) is 19.7. The van der Waals surface area contributed by atoms with Gasteiger partial charge < -0.3 is 15.8 Å². The second-order valence-corrected chi connectivity index (χ2v) is 10.7. The highest BCUT2D eigenvalue weighted by Gasteiger charge is 2.25. The highest BCUT2D eigenvalue weighted by atomic mass is 32.2. The van der Waals surface area contributed by atoms with Crippen LogP contribution >= 0.6 is 0 Å². The summed E-state index contributed by atoms with van der Waals surface area (Å²) in [6.45, 7) is 2.67. The summed E-state index contributed by atoms with van der Waals surface area (Å²) >= 11 is 0. The first-order chi connectivity index (χ1) is 15.9. The molecule has 2 fully saturated rings. The summed E-state index contributed by atoms with van der Waals surface area (Å²) in [5.41, 5.74) is 12.2. The number of nitrogen functional groups attached to an aromatic ring is 1. The number of hydrogen-bond acceptors (Lipinski definition) is 7. The van der Waals surface area contributed by atoms with Gasteiger partial charge in [0, 0.05) is 42.1 Å². The van der Waals surface area contributed by atoms with Gasteiger partial charge in [-0.05, 0) is 67.0 Å². The fourth-order valence-corrected chi connectivity index (χ4v) is 5.40. The van der Waals surface area contributed by atoms with Crippen LogP contribution in [0.4, 0.5) is 5.82 Å². The van der Waals surface area contributed by atoms with Gasteiger partial charge in [-0.2, -0.15) is 9.19 Å². The molecule has 2 aromatic heterocycles. The smallest absolute Gasteiger partial charge is 0.250 e. The summed E-state index contributed by atoms with van der Waals surface area (Å²) in [7, 11) is -3.47. The second-order valence-electron chi connectivity index (χ2n) is 8.90. The van der Waals surface area contributed by atoms with E-state index in [0.717, 1.165) is 60.5 Å². The number of ether oxygens (including phenoxy) is 1. The number of nitrogens with zero attached hydrogens (tertiary/aromatic N) is 3. The van der Waals surface area contributed by atoms with Crippen molar-refractivity contribution in [3.8, 4) is 22.3 Å². The van der Waals surface area contributed by atoms with Gasteiger partial charge in [-0.1, -0.05) is 12.1 Å². The molecule has 5 rings (SSSR count). The minimum Gasteiger partial charge on any atom is -0.383 e. The number of aromatic nitrogens is 3. The Balaban J connectivity index is 1.54. The number of pyridine rings is 1. The van der Waals surface area contributed by atoms with Crippen molar-refractivity contribution in [3.05, 3.63) is 54.0 Å². The van der Waals surface area contributed by atoms with E-state index >= 15 is 0 Å². The maximum absolute atomic E-state index is 11.8. The minimum absolute atomic E-state index is 0.336. The van der Waals surface area contributed by atoms with Crippen LogP contribution in [0.15, 0.2) is 42.9 Å². The summed E-state index contributed by atoms with van der Waals surface area (Å²) in [4.78, 5) is 4.40. The van der Waals surface area contributed by atoms with E-state index < -0.39 is 10.0 Å². The maximum Gasteiger partial charge on any atom is 0.250 e. The van der Waals surface area contributed by atoms with Crippen molar-refractivity contribution in [2.24, 2.45) is 0 Å². The Labute approximate surface area is 194 Å². The van der Waals surface area contributed by atoms with Crippen molar-refractivity contribution in [1.82, 2.24) is 19.5 Å². The summed E-state index contributed by atoms with van der Waals surface area (Å²) < 4.78 is 30.2. The van der Waals surface area contributed by atoms with Crippen molar-refractivity contribution in [2.75, 3.05) is 31.7 Å². The van der Waals surface area contributed by atoms with E-state index in [9.17, 15) is 8.42 Å². The first-order valence-electron chi connectivity index (χ1n) is 11.4. The van der Waals surface area contributed by atoms with Crippen LogP contribution < -0.4 is 11.1 Å². The summed E-state index contributed by atoms with van der Waals surface area (Å²) in [5, 5.41) is 7.62. The first-order valence-corrected chi connectivity index (χ1v) is 13.2. The minimum atomic E-state index is -3.47. The molecular weight excluding hydrogens is 438 g/mol. The van der Waals surface area contributed by atoms with E-state index in [4.69, 9.17) is 10.5 Å². The van der Waals surface area contributed by atoms with Gasteiger partial charge in [0.15, 0.2) is 0 Å². The lowest BCUT2D eigenvalue weighted by Gasteiger charge is -2.27. The lowest BCUT2D eigenvalue weighted by atomic mass is 9.84. The van der Waals surface area contributed by atoms with Crippen LogP contribution in [0.3, 0.4) is 0 Å². The molecule has 0 bridgehead atoms. The number of anilines is 1. The van der Waals surface area contributed by atoms with Crippen LogP contribution in [0.5, 0.6) is 0 Å². The standard InChI is InChI=1S/C24H29N5O3S/c1-33(30,31)29-15-19(14-28-29)21-12-18(13-27-24(21)25)17-4-5-20(16-6-9-32-10-7-16)22(11-17)23-3-2-8-26-23/h4-5,11-16,23,26H,2-3,6-10H2,1H3,(H2,25,27)/t23-/m0/s1. The number of nitrogens with one attached hydrogen (secondary N) is 1. The molecule has 2 aliphatic rings. The van der Waals surface area contributed by atoms with Crippen LogP contribution in [-0.4, -0.2) is 48.6 Å². The molecule has 8 nitrogen and oxygen atoms in total. The third kappa shape index (κ3) is 4.53. The molecule has 0 amide bonds. The molecule has 2 saturated heterocycles. The molecular formula is C24H29N5O3S. The van der Waals surface area contributed by atoms with Crippen LogP contribution in [0.1, 0.15) is 48.8 Å². The van der Waals surface area contributed by atoms with Crippen molar-refractivity contribution in [3.63, 3.8) is 0 Å². The molecule has 0 unspecified atom stereocenters. The topological polar surface area (TPSA) is 112 Å². The zero-order valence-electron chi connectivity index (χ0n) is 18.7. The van der Waals surface area contributed by atoms with Gasteiger partial charge in [0.2, 0.25) is 0 Å². The number of benzene rings is 1. The van der Waals surface area contributed by atoms with E-state index in [2.05, 4.69) is 33.6 Å². The van der Waals surface area contributed by atoms with E-state index in [1.54, 1.807) is 6.20 Å². The summed E-state index contributed by atoms with van der Waals surface area (Å²) in [6, 6.07) is 9.02. The van der Waals surface area contributed by atoms with Gasteiger partial charge in [-0.3, -0.25) is 0 Å². The van der Waals surface area contributed by atoms with Crippen LogP contribution in [0, 0.1) is 0 Å². The van der Waals surface area contributed by atoms with Gasteiger partial charge in [0.25, 0.3) is 10.0 Å². The molecule has 2 aliphatic heterocycles. The zero-order chi connectivity index (χ0) is 23.0. The number of nitrogens with two attached hydrogens (primary N) is 1. The summed E-state index contributed by atoms with van der Waals surface area (Å²) in [5.74, 6) is 0.857. The third-order valence-corrected chi connectivity index (χ3v) is 7.53. The third-order valence-electron chi connectivity index (χ3n) is 6.65. The molecule has 1 atom stereocenters. The first kappa shape index (κ1) is 22.1.